The molecule has 2 amide bonds. The first-order valence-electron chi connectivity index (χ1n) is 7.88. The van der Waals surface area contributed by atoms with Crippen molar-refractivity contribution in [2.24, 2.45) is 0 Å². The second-order valence-corrected chi connectivity index (χ2v) is 5.69. The number of nitrogens with zero attached hydrogens (tertiary/aromatic N) is 2. The van der Waals surface area contributed by atoms with Crippen LogP contribution in [0.2, 0.25) is 0 Å². The number of β-amino-alcohol motifs (C(OH)–C–C–N with tert-alkyl or cyclic N) is 1. The Morgan fingerprint density at radius 2 is 2.12 bits per heavy atom. The maximum atomic E-state index is 11.7. The molecule has 1 heterocycles. The van der Waals surface area contributed by atoms with Crippen LogP contribution in [0, 0.1) is 10.1 Å². The average Bonchev–Trinajstić information content (AvgIpc) is 2.56. The van der Waals surface area contributed by atoms with Crippen LogP contribution >= 0.6 is 0 Å². The van der Waals surface area contributed by atoms with Gasteiger partial charge in [0.2, 0.25) is 0 Å². The van der Waals surface area contributed by atoms with Crippen LogP contribution in [0.5, 0.6) is 0 Å². The van der Waals surface area contributed by atoms with Gasteiger partial charge < -0.3 is 15.3 Å². The van der Waals surface area contributed by atoms with Crippen molar-refractivity contribution in [3.8, 4) is 0 Å². The number of piperidine rings is 1. The number of aliphatic hydroxyl groups is 1. The fourth-order valence-corrected chi connectivity index (χ4v) is 2.55. The predicted molar refractivity (Wildman–Crippen MR) is 87.5 cm³/mol. The summed E-state index contributed by atoms with van der Waals surface area (Å²) in [6, 6.07) is 4.90. The van der Waals surface area contributed by atoms with Gasteiger partial charge in [-0.25, -0.2) is 10.3 Å². The number of amides is 2. The van der Waals surface area contributed by atoms with Crippen molar-refractivity contribution in [1.82, 2.24) is 10.4 Å². The van der Waals surface area contributed by atoms with Crippen molar-refractivity contribution in [2.75, 3.05) is 31.6 Å². The van der Waals surface area contributed by atoms with E-state index < -0.39 is 17.1 Å². The van der Waals surface area contributed by atoms with E-state index >= 15 is 0 Å². The Balaban J connectivity index is 1.67. The number of carbonyl (C=O) groups is 1. The molecular weight excluding hydrogens is 316 g/mol. The van der Waals surface area contributed by atoms with E-state index in [1.165, 1.54) is 30.7 Å². The topological polar surface area (TPSA) is 117 Å². The molecule has 0 aliphatic carbocycles. The molecule has 0 aromatic heterocycles. The Kier molecular flexibility index (Phi) is 6.91. The van der Waals surface area contributed by atoms with Gasteiger partial charge in [0.25, 0.3) is 5.69 Å². The van der Waals surface area contributed by atoms with Gasteiger partial charge >= 0.3 is 6.03 Å². The molecule has 9 nitrogen and oxygen atoms in total. The minimum absolute atomic E-state index is 0.0289. The van der Waals surface area contributed by atoms with Crippen molar-refractivity contribution in [1.29, 1.82) is 0 Å². The minimum atomic E-state index is -0.693. The van der Waals surface area contributed by atoms with E-state index in [0.29, 0.717) is 6.54 Å². The smallest absolute Gasteiger partial charge is 0.343 e. The number of anilines is 1. The Morgan fingerprint density at radius 3 is 2.83 bits per heavy atom. The second-order valence-electron chi connectivity index (χ2n) is 5.69. The standard InChI is InChI=1S/C15H22N4O5/c20-14(10-18-7-2-1-3-8-18)11-24-17-15(21)16-12-5-4-6-13(9-12)19(22)23/h4-6,9,14,20H,1-3,7-8,10-11H2,(H2,16,17,21). The summed E-state index contributed by atoms with van der Waals surface area (Å²) in [4.78, 5) is 28.9. The summed E-state index contributed by atoms with van der Waals surface area (Å²) in [6.07, 6.45) is 2.80. The van der Waals surface area contributed by atoms with E-state index in [2.05, 4.69) is 15.7 Å². The number of non-ortho nitro benzene ring substituents is 1. The van der Waals surface area contributed by atoms with Crippen LogP contribution in [0.25, 0.3) is 0 Å². The number of nitro benzene ring substituents is 1. The second kappa shape index (κ2) is 9.16. The summed E-state index contributed by atoms with van der Waals surface area (Å²) >= 11 is 0. The molecule has 0 bridgehead atoms. The number of benzene rings is 1. The number of hydrogen-bond acceptors (Lipinski definition) is 6. The zero-order chi connectivity index (χ0) is 17.4. The lowest BCUT2D eigenvalue weighted by Crippen LogP contribution is -2.40. The molecule has 3 N–H and O–H groups in total. The Labute approximate surface area is 139 Å². The predicted octanol–water partition coefficient (Wildman–Crippen LogP) is 1.49. The fourth-order valence-electron chi connectivity index (χ4n) is 2.55. The molecule has 1 aromatic carbocycles. The van der Waals surface area contributed by atoms with Gasteiger partial charge in [0.1, 0.15) is 6.61 Å². The van der Waals surface area contributed by atoms with Gasteiger partial charge in [0.05, 0.1) is 11.0 Å². The number of carbonyl (C=O) groups excluding carboxylic acids is 1. The van der Waals surface area contributed by atoms with Crippen LogP contribution in [0.3, 0.4) is 0 Å². The highest BCUT2D eigenvalue weighted by molar-refractivity contribution is 5.88. The van der Waals surface area contributed by atoms with Crippen LogP contribution in [-0.2, 0) is 4.84 Å². The molecule has 0 spiro atoms. The molecule has 1 atom stereocenters. The van der Waals surface area contributed by atoms with Gasteiger partial charge in [-0.05, 0) is 32.0 Å². The van der Waals surface area contributed by atoms with Crippen LogP contribution in [0.15, 0.2) is 24.3 Å². The lowest BCUT2D eigenvalue weighted by Gasteiger charge is -2.28. The molecule has 1 unspecified atom stereocenters. The van der Waals surface area contributed by atoms with Crippen molar-refractivity contribution < 1.29 is 19.7 Å². The third kappa shape index (κ3) is 6.11. The van der Waals surface area contributed by atoms with Crippen molar-refractivity contribution >= 4 is 17.4 Å². The van der Waals surface area contributed by atoms with Gasteiger partial charge in [0.15, 0.2) is 0 Å². The fraction of sp³-hybridized carbons (Fsp3) is 0.533. The van der Waals surface area contributed by atoms with Crippen LogP contribution in [-0.4, -0.2) is 53.3 Å². The third-order valence-electron chi connectivity index (χ3n) is 3.67. The van der Waals surface area contributed by atoms with Crippen molar-refractivity contribution in [3.63, 3.8) is 0 Å². The summed E-state index contributed by atoms with van der Waals surface area (Å²) < 4.78 is 0. The minimum Gasteiger partial charge on any atom is -0.389 e. The molecule has 1 fully saturated rings. The first-order valence-corrected chi connectivity index (χ1v) is 7.88. The molecule has 24 heavy (non-hydrogen) atoms. The summed E-state index contributed by atoms with van der Waals surface area (Å²) in [5, 5.41) is 23.0. The highest BCUT2D eigenvalue weighted by atomic mass is 16.7. The molecular formula is C15H22N4O5. The Bertz CT molecular complexity index is 563. The summed E-state index contributed by atoms with van der Waals surface area (Å²) in [5.74, 6) is 0. The summed E-state index contributed by atoms with van der Waals surface area (Å²) in [7, 11) is 0. The Morgan fingerprint density at radius 1 is 1.38 bits per heavy atom. The van der Waals surface area contributed by atoms with Crippen LogP contribution in [0.4, 0.5) is 16.2 Å². The van der Waals surface area contributed by atoms with E-state index in [1.54, 1.807) is 0 Å². The van der Waals surface area contributed by atoms with E-state index in [1.807, 2.05) is 0 Å². The van der Waals surface area contributed by atoms with E-state index in [4.69, 9.17) is 4.84 Å². The molecule has 0 radical (unpaired) electrons. The lowest BCUT2D eigenvalue weighted by atomic mass is 10.1. The van der Waals surface area contributed by atoms with E-state index in [0.717, 1.165) is 25.9 Å². The van der Waals surface area contributed by atoms with Crippen molar-refractivity contribution in [2.45, 2.75) is 25.4 Å². The van der Waals surface area contributed by atoms with E-state index in [9.17, 15) is 20.0 Å². The zero-order valence-corrected chi connectivity index (χ0v) is 13.3. The summed E-state index contributed by atoms with van der Waals surface area (Å²) in [6.45, 7) is 2.42. The molecule has 0 saturated carbocycles. The number of nitrogens with one attached hydrogen (secondary N) is 2. The number of hydroxylamine groups is 1. The number of hydrogen-bond donors (Lipinski definition) is 3. The number of aliphatic hydroxyl groups excluding tert-OH is 1. The largest absolute Gasteiger partial charge is 0.389 e. The highest BCUT2D eigenvalue weighted by Crippen LogP contribution is 2.16. The number of nitro groups is 1. The molecule has 9 heteroatoms. The molecule has 1 aliphatic rings. The quantitative estimate of drug-likeness (QED) is 0.512. The summed E-state index contributed by atoms with van der Waals surface area (Å²) in [5.41, 5.74) is 2.31. The number of likely N-dealkylation sites (tertiary alicyclic amines) is 1. The van der Waals surface area contributed by atoms with Crippen LogP contribution in [0.1, 0.15) is 19.3 Å². The SMILES string of the molecule is O=C(NOCC(O)CN1CCCCC1)Nc1cccc([N+](=O)[O-])c1. The van der Waals surface area contributed by atoms with Gasteiger partial charge in [-0.15, -0.1) is 0 Å². The molecule has 132 valence electrons. The normalized spacial score (nSPS) is 16.4. The van der Waals surface area contributed by atoms with E-state index in [-0.39, 0.29) is 18.0 Å². The maximum Gasteiger partial charge on any atom is 0.343 e. The Hall–Kier alpha value is -2.23. The first-order chi connectivity index (χ1) is 11.5. The van der Waals surface area contributed by atoms with Crippen molar-refractivity contribution in [3.05, 3.63) is 34.4 Å². The average molecular weight is 338 g/mol. The number of urea groups is 1. The van der Waals surface area contributed by atoms with Gasteiger partial charge in [-0.3, -0.25) is 15.0 Å². The third-order valence-corrected chi connectivity index (χ3v) is 3.67. The van der Waals surface area contributed by atoms with Gasteiger partial charge in [0, 0.05) is 24.4 Å². The maximum absolute atomic E-state index is 11.7. The highest BCUT2D eigenvalue weighted by Gasteiger charge is 2.15. The van der Waals surface area contributed by atoms with Gasteiger partial charge in [-0.2, -0.15) is 0 Å². The van der Waals surface area contributed by atoms with Crippen LogP contribution < -0.4 is 10.8 Å². The first kappa shape index (κ1) is 18.1. The zero-order valence-electron chi connectivity index (χ0n) is 13.3. The lowest BCUT2D eigenvalue weighted by molar-refractivity contribution is -0.384. The number of rotatable bonds is 7. The molecule has 1 saturated heterocycles. The molecule has 2 rings (SSSR count). The molecule has 1 aromatic rings. The monoisotopic (exact) mass is 338 g/mol. The molecule has 1 aliphatic heterocycles. The van der Waals surface area contributed by atoms with Gasteiger partial charge in [-0.1, -0.05) is 12.5 Å².